The smallest absolute Gasteiger partial charge is 0.255 e. The van der Waals surface area contributed by atoms with Crippen LogP contribution >= 0.6 is 11.6 Å². The summed E-state index contributed by atoms with van der Waals surface area (Å²) in [5.41, 5.74) is 2.71. The SMILES string of the molecule is C.CCN(CC)c1ccc(N=C2C=C(NC(=O)c3ccc(OC)c(OC)c3)C(=O)C(Cl)=C2C)c(C)n1. The van der Waals surface area contributed by atoms with Gasteiger partial charge >= 0.3 is 0 Å². The summed E-state index contributed by atoms with van der Waals surface area (Å²) in [7, 11) is 2.99. The van der Waals surface area contributed by atoms with Crippen molar-refractivity contribution in [3.63, 3.8) is 0 Å². The molecular weight excluding hydrogens is 480 g/mol. The van der Waals surface area contributed by atoms with Gasteiger partial charge in [0.15, 0.2) is 11.5 Å². The lowest BCUT2D eigenvalue weighted by atomic mass is 10.0. The van der Waals surface area contributed by atoms with Crippen molar-refractivity contribution >= 4 is 40.5 Å². The van der Waals surface area contributed by atoms with Gasteiger partial charge in [-0.2, -0.15) is 0 Å². The number of ether oxygens (including phenoxy) is 2. The molecule has 0 radical (unpaired) electrons. The molecule has 8 nitrogen and oxygen atoms in total. The minimum absolute atomic E-state index is 0. The third-order valence-corrected chi connectivity index (χ3v) is 6.16. The predicted octanol–water partition coefficient (Wildman–Crippen LogP) is 5.37. The Morgan fingerprint density at radius 2 is 1.75 bits per heavy atom. The number of allylic oxidation sites excluding steroid dienone is 3. The van der Waals surface area contributed by atoms with E-state index in [9.17, 15) is 9.59 Å². The number of anilines is 1. The van der Waals surface area contributed by atoms with Gasteiger partial charge in [0.05, 0.1) is 42.0 Å². The number of aryl methyl sites for hydroxylation is 1. The van der Waals surface area contributed by atoms with E-state index < -0.39 is 11.7 Å². The maximum absolute atomic E-state index is 12.9. The van der Waals surface area contributed by atoms with E-state index in [0.717, 1.165) is 24.6 Å². The highest BCUT2D eigenvalue weighted by molar-refractivity contribution is 6.49. The summed E-state index contributed by atoms with van der Waals surface area (Å²) in [6, 6.07) is 8.53. The Morgan fingerprint density at radius 3 is 2.33 bits per heavy atom. The molecule has 9 heteroatoms. The second kappa shape index (κ2) is 12.4. The molecule has 192 valence electrons. The number of methoxy groups -OCH3 is 2. The Hall–Kier alpha value is -3.65. The van der Waals surface area contributed by atoms with Crippen LogP contribution in [0, 0.1) is 6.92 Å². The first-order valence-corrected chi connectivity index (χ1v) is 11.6. The first kappa shape index (κ1) is 28.6. The molecule has 1 aliphatic rings. The van der Waals surface area contributed by atoms with Gasteiger partial charge < -0.3 is 19.7 Å². The lowest BCUT2D eigenvalue weighted by Gasteiger charge is -2.20. The average Bonchev–Trinajstić information content (AvgIpc) is 2.87. The molecular formula is C27H33ClN4O4. The summed E-state index contributed by atoms with van der Waals surface area (Å²) in [4.78, 5) is 37.2. The van der Waals surface area contributed by atoms with Crippen LogP contribution in [0.15, 0.2) is 57.7 Å². The Bertz CT molecular complexity index is 1250. The topological polar surface area (TPSA) is 93.1 Å². The van der Waals surface area contributed by atoms with E-state index in [1.807, 2.05) is 19.1 Å². The van der Waals surface area contributed by atoms with Crippen LogP contribution in [0.2, 0.25) is 0 Å². The van der Waals surface area contributed by atoms with Crippen LogP contribution in [0.4, 0.5) is 11.5 Å². The van der Waals surface area contributed by atoms with Gasteiger partial charge in [0.25, 0.3) is 5.91 Å². The van der Waals surface area contributed by atoms with E-state index in [4.69, 9.17) is 26.1 Å². The van der Waals surface area contributed by atoms with E-state index in [0.29, 0.717) is 34.0 Å². The molecule has 1 aromatic heterocycles. The van der Waals surface area contributed by atoms with Crippen molar-refractivity contribution in [1.82, 2.24) is 10.3 Å². The summed E-state index contributed by atoms with van der Waals surface area (Å²) in [6.45, 7) is 9.45. The molecule has 0 spiro atoms. The number of benzene rings is 1. The minimum atomic E-state index is -0.490. The van der Waals surface area contributed by atoms with Crippen molar-refractivity contribution in [3.8, 4) is 11.5 Å². The largest absolute Gasteiger partial charge is 0.493 e. The number of nitrogens with one attached hydrogen (secondary N) is 1. The molecule has 3 rings (SSSR count). The number of halogens is 1. The molecule has 1 heterocycles. The number of carbonyl (C=O) groups is 2. The number of hydrogen-bond donors (Lipinski definition) is 1. The zero-order chi connectivity index (χ0) is 25.7. The quantitative estimate of drug-likeness (QED) is 0.478. The van der Waals surface area contributed by atoms with Crippen LogP contribution in [0.1, 0.15) is 44.2 Å². The molecule has 1 aromatic carbocycles. The molecule has 0 atom stereocenters. The number of hydrogen-bond acceptors (Lipinski definition) is 7. The number of nitrogens with zero attached hydrogens (tertiary/aromatic N) is 3. The number of amides is 1. The predicted molar refractivity (Wildman–Crippen MR) is 145 cm³/mol. The maximum atomic E-state index is 12.9. The minimum Gasteiger partial charge on any atom is -0.493 e. The number of rotatable bonds is 8. The molecule has 0 saturated carbocycles. The number of ketones is 1. The number of aliphatic imine (C=N–C) groups is 1. The second-order valence-corrected chi connectivity index (χ2v) is 8.17. The molecule has 0 unspecified atom stereocenters. The molecule has 2 aromatic rings. The fourth-order valence-electron chi connectivity index (χ4n) is 3.60. The molecule has 0 aliphatic heterocycles. The van der Waals surface area contributed by atoms with E-state index in [1.54, 1.807) is 19.1 Å². The fraction of sp³-hybridized carbons (Fsp3) is 0.333. The number of Topliss-reactive ketones (excluding diaryl/α,β-unsaturated/α-hetero) is 1. The monoisotopic (exact) mass is 512 g/mol. The van der Waals surface area contributed by atoms with Gasteiger partial charge in [-0.1, -0.05) is 19.0 Å². The Labute approximate surface area is 217 Å². The van der Waals surface area contributed by atoms with Crippen LogP contribution < -0.4 is 19.7 Å². The Balaban J connectivity index is 0.00000456. The highest BCUT2D eigenvalue weighted by Crippen LogP contribution is 2.29. The molecule has 36 heavy (non-hydrogen) atoms. The molecule has 1 N–H and O–H groups in total. The Morgan fingerprint density at radius 1 is 1.08 bits per heavy atom. The fourth-order valence-corrected chi connectivity index (χ4v) is 3.80. The van der Waals surface area contributed by atoms with Crippen LogP contribution in [0.5, 0.6) is 11.5 Å². The molecule has 0 fully saturated rings. The van der Waals surface area contributed by atoms with E-state index in [1.165, 1.54) is 26.4 Å². The zero-order valence-electron chi connectivity index (χ0n) is 20.7. The normalized spacial score (nSPS) is 14.2. The lowest BCUT2D eigenvalue weighted by molar-refractivity contribution is -0.112. The summed E-state index contributed by atoms with van der Waals surface area (Å²) >= 11 is 6.33. The third-order valence-electron chi connectivity index (χ3n) is 5.70. The summed E-state index contributed by atoms with van der Waals surface area (Å²) in [5.74, 6) is 0.790. The first-order chi connectivity index (χ1) is 16.7. The lowest BCUT2D eigenvalue weighted by Crippen LogP contribution is -2.31. The van der Waals surface area contributed by atoms with Gasteiger partial charge in [-0.25, -0.2) is 9.98 Å². The van der Waals surface area contributed by atoms with Crippen molar-refractivity contribution in [3.05, 3.63) is 64.0 Å². The van der Waals surface area contributed by atoms with Gasteiger partial charge in [0, 0.05) is 18.7 Å². The Kier molecular flexibility index (Phi) is 9.81. The molecule has 0 saturated heterocycles. The summed E-state index contributed by atoms with van der Waals surface area (Å²) in [6.07, 6.45) is 1.53. The van der Waals surface area contributed by atoms with Crippen molar-refractivity contribution in [2.24, 2.45) is 4.99 Å². The van der Waals surface area contributed by atoms with Crippen molar-refractivity contribution < 1.29 is 19.1 Å². The van der Waals surface area contributed by atoms with E-state index >= 15 is 0 Å². The highest BCUT2D eigenvalue weighted by atomic mass is 35.5. The third kappa shape index (κ3) is 5.94. The number of carbonyl (C=O) groups excluding carboxylic acids is 2. The van der Waals surface area contributed by atoms with Gasteiger partial charge in [-0.05, 0) is 69.7 Å². The molecule has 0 bridgehead atoms. The van der Waals surface area contributed by atoms with Crippen LogP contribution in [0.25, 0.3) is 0 Å². The van der Waals surface area contributed by atoms with Crippen molar-refractivity contribution in [1.29, 1.82) is 0 Å². The van der Waals surface area contributed by atoms with Crippen molar-refractivity contribution in [2.45, 2.75) is 35.1 Å². The van der Waals surface area contributed by atoms with Crippen LogP contribution in [-0.4, -0.2) is 49.7 Å². The average molecular weight is 513 g/mol. The van der Waals surface area contributed by atoms with E-state index in [-0.39, 0.29) is 18.2 Å². The zero-order valence-corrected chi connectivity index (χ0v) is 21.5. The molecule has 1 aliphatic carbocycles. The van der Waals surface area contributed by atoms with Gasteiger partial charge in [-0.15, -0.1) is 0 Å². The second-order valence-electron chi connectivity index (χ2n) is 7.79. The standard InChI is InChI=1S/C26H29ClN4O4.CH4/c1-7-31(8-2)23-12-10-18(16(4)28-23)29-19-14-20(25(32)24(27)15(19)3)30-26(33)17-9-11-21(34-5)22(13-17)35-6;/h9-14H,7-8H2,1-6H3,(H,30,33);1H4. The van der Waals surface area contributed by atoms with Crippen LogP contribution in [0.3, 0.4) is 0 Å². The van der Waals surface area contributed by atoms with Crippen LogP contribution in [-0.2, 0) is 4.79 Å². The summed E-state index contributed by atoms with van der Waals surface area (Å²) in [5, 5.41) is 2.65. The van der Waals surface area contributed by atoms with Gasteiger partial charge in [0.2, 0.25) is 5.78 Å². The maximum Gasteiger partial charge on any atom is 0.255 e. The highest BCUT2D eigenvalue weighted by Gasteiger charge is 2.26. The molecule has 1 amide bonds. The van der Waals surface area contributed by atoms with Gasteiger partial charge in [0.1, 0.15) is 5.82 Å². The number of pyridine rings is 1. The van der Waals surface area contributed by atoms with Gasteiger partial charge in [-0.3, -0.25) is 9.59 Å². The van der Waals surface area contributed by atoms with E-state index in [2.05, 4.69) is 29.0 Å². The van der Waals surface area contributed by atoms with Crippen molar-refractivity contribution in [2.75, 3.05) is 32.2 Å². The summed E-state index contributed by atoms with van der Waals surface area (Å²) < 4.78 is 10.5. The number of aromatic nitrogens is 1. The first-order valence-electron chi connectivity index (χ1n) is 11.2.